The van der Waals surface area contributed by atoms with Crippen LogP contribution < -0.4 is 9.47 Å². The summed E-state index contributed by atoms with van der Waals surface area (Å²) in [6.45, 7) is 0.713. The minimum atomic E-state index is 0.185. The van der Waals surface area contributed by atoms with E-state index >= 15 is 0 Å². The van der Waals surface area contributed by atoms with Crippen LogP contribution in [0, 0.1) is 0 Å². The van der Waals surface area contributed by atoms with Crippen molar-refractivity contribution in [1.29, 1.82) is 0 Å². The van der Waals surface area contributed by atoms with Crippen molar-refractivity contribution in [1.82, 2.24) is 9.97 Å². The summed E-state index contributed by atoms with van der Waals surface area (Å²) in [6, 6.07) is 14.4. The summed E-state index contributed by atoms with van der Waals surface area (Å²) < 4.78 is 17.7. The molecule has 1 aromatic heterocycles. The van der Waals surface area contributed by atoms with E-state index in [9.17, 15) is 0 Å². The number of benzene rings is 2. The number of hydrogen-bond acceptors (Lipinski definition) is 8. The van der Waals surface area contributed by atoms with E-state index in [1.165, 1.54) is 6.33 Å². The van der Waals surface area contributed by atoms with Crippen LogP contribution in [-0.4, -0.2) is 34.8 Å². The Balaban J connectivity index is 1.67. The largest absolute Gasteiger partial charge is 0.470 e. The van der Waals surface area contributed by atoms with Gasteiger partial charge in [0.1, 0.15) is 30.1 Å². The summed E-state index contributed by atoms with van der Waals surface area (Å²) in [5.41, 5.74) is 1.31. The molecule has 0 fully saturated rings. The molecule has 8 nitrogen and oxygen atoms in total. The summed E-state index contributed by atoms with van der Waals surface area (Å²) >= 11 is 6.23. The molecule has 9 heteroatoms. The Labute approximate surface area is 170 Å². The standard InChI is InChI=1S/C20H13ClN4O4/c21-12-5-1-3-7-14(12)29-20-18-16(22-11-23-20)17(19-25-27-10-9-26-19)24-13-6-2-4-8-15(13)28-18/h1-8,11H,9-10H2. The van der Waals surface area contributed by atoms with E-state index < -0.39 is 0 Å². The molecule has 0 spiro atoms. The minimum Gasteiger partial charge on any atom is -0.470 e. The van der Waals surface area contributed by atoms with Gasteiger partial charge in [-0.2, -0.15) is 4.98 Å². The fourth-order valence-corrected chi connectivity index (χ4v) is 2.98. The number of nitrogens with zero attached hydrogens (tertiary/aromatic N) is 4. The molecule has 29 heavy (non-hydrogen) atoms. The zero-order chi connectivity index (χ0) is 19.6. The maximum atomic E-state index is 6.23. The maximum Gasteiger partial charge on any atom is 0.279 e. The molecule has 5 rings (SSSR count). The number of aliphatic imine (C=N–C) groups is 1. The van der Waals surface area contributed by atoms with Gasteiger partial charge in [0.15, 0.2) is 18.1 Å². The van der Waals surface area contributed by atoms with E-state index in [0.717, 1.165) is 0 Å². The van der Waals surface area contributed by atoms with Gasteiger partial charge < -0.3 is 19.0 Å². The van der Waals surface area contributed by atoms with Crippen molar-refractivity contribution in [3.8, 4) is 23.1 Å². The van der Waals surface area contributed by atoms with E-state index in [-0.39, 0.29) is 17.5 Å². The summed E-state index contributed by atoms with van der Waals surface area (Å²) in [6.07, 6.45) is 1.35. The highest BCUT2D eigenvalue weighted by Crippen LogP contribution is 2.42. The monoisotopic (exact) mass is 408 g/mol. The first-order chi connectivity index (χ1) is 14.3. The first-order valence-corrected chi connectivity index (χ1v) is 9.14. The average Bonchev–Trinajstić information content (AvgIpc) is 2.93. The summed E-state index contributed by atoms with van der Waals surface area (Å²) in [4.78, 5) is 18.4. The zero-order valence-electron chi connectivity index (χ0n) is 14.9. The second-order valence-electron chi connectivity index (χ2n) is 6.00. The van der Waals surface area contributed by atoms with Gasteiger partial charge in [-0.25, -0.2) is 9.98 Å². The lowest BCUT2D eigenvalue weighted by Crippen LogP contribution is -2.26. The minimum absolute atomic E-state index is 0.185. The molecule has 2 aliphatic rings. The van der Waals surface area contributed by atoms with Gasteiger partial charge in [0.2, 0.25) is 5.75 Å². The predicted molar refractivity (Wildman–Crippen MR) is 106 cm³/mol. The molecule has 0 atom stereocenters. The van der Waals surface area contributed by atoms with Crippen LogP contribution in [0.1, 0.15) is 5.69 Å². The number of fused-ring (bicyclic) bond motifs is 2. The van der Waals surface area contributed by atoms with Crippen molar-refractivity contribution < 1.29 is 19.0 Å². The Morgan fingerprint density at radius 1 is 0.966 bits per heavy atom. The van der Waals surface area contributed by atoms with Gasteiger partial charge >= 0.3 is 0 Å². The molecule has 144 valence electrons. The van der Waals surface area contributed by atoms with Crippen molar-refractivity contribution in [3.05, 3.63) is 65.6 Å². The smallest absolute Gasteiger partial charge is 0.279 e. The number of oxime groups is 1. The Hall–Kier alpha value is -3.65. The molecule has 0 saturated carbocycles. The lowest BCUT2D eigenvalue weighted by atomic mass is 10.2. The first kappa shape index (κ1) is 17.4. The molecule has 0 bridgehead atoms. The quantitative estimate of drug-likeness (QED) is 0.633. The first-order valence-electron chi connectivity index (χ1n) is 8.76. The van der Waals surface area contributed by atoms with Gasteiger partial charge in [-0.1, -0.05) is 35.9 Å². The van der Waals surface area contributed by atoms with Crippen LogP contribution in [0.5, 0.6) is 23.1 Å². The van der Waals surface area contributed by atoms with E-state index in [4.69, 9.17) is 30.6 Å². The van der Waals surface area contributed by atoms with Crippen LogP contribution in [0.25, 0.3) is 0 Å². The van der Waals surface area contributed by atoms with Gasteiger partial charge in [-0.3, -0.25) is 0 Å². The van der Waals surface area contributed by atoms with Crippen molar-refractivity contribution in [2.75, 3.05) is 13.2 Å². The molecule has 0 radical (unpaired) electrons. The molecule has 3 heterocycles. The number of hydrogen-bond donors (Lipinski definition) is 0. The molecule has 0 aliphatic carbocycles. The Morgan fingerprint density at radius 2 is 1.83 bits per heavy atom. The normalized spacial score (nSPS) is 14.7. The molecule has 3 aromatic rings. The number of para-hydroxylation sites is 3. The van der Waals surface area contributed by atoms with E-state index in [2.05, 4.69) is 20.1 Å². The molecule has 0 unspecified atom stereocenters. The number of rotatable bonds is 3. The average molecular weight is 409 g/mol. The number of halogens is 1. The number of ether oxygens (including phenoxy) is 3. The van der Waals surface area contributed by atoms with Gasteiger partial charge in [0, 0.05) is 0 Å². The third kappa shape index (κ3) is 3.34. The van der Waals surface area contributed by atoms with Gasteiger partial charge in [-0.15, -0.1) is 0 Å². The summed E-state index contributed by atoms with van der Waals surface area (Å²) in [5.74, 6) is 1.61. The SMILES string of the molecule is Clc1ccccc1Oc1ncnc2c1Oc1ccccc1N=C2C1=NOCCO1. The van der Waals surface area contributed by atoms with Crippen LogP contribution >= 0.6 is 11.6 Å². The summed E-state index contributed by atoms with van der Waals surface area (Å²) in [7, 11) is 0. The van der Waals surface area contributed by atoms with Gasteiger partial charge in [-0.05, 0) is 29.4 Å². The molecule has 0 saturated heterocycles. The molecule has 2 aliphatic heterocycles. The topological polar surface area (TPSA) is 87.4 Å². The number of aromatic nitrogens is 2. The summed E-state index contributed by atoms with van der Waals surface area (Å²) in [5, 5.41) is 4.42. The Kier molecular flexibility index (Phi) is 4.45. The second kappa shape index (κ2) is 7.40. The third-order valence-corrected chi connectivity index (χ3v) is 4.42. The van der Waals surface area contributed by atoms with Crippen molar-refractivity contribution in [2.24, 2.45) is 10.1 Å². The zero-order valence-corrected chi connectivity index (χ0v) is 15.7. The fraction of sp³-hybridized carbons (Fsp3) is 0.100. The van der Waals surface area contributed by atoms with Crippen LogP contribution in [0.3, 0.4) is 0 Å². The van der Waals surface area contributed by atoms with Crippen LogP contribution in [0.4, 0.5) is 5.69 Å². The molecular weight excluding hydrogens is 396 g/mol. The van der Waals surface area contributed by atoms with Crippen LogP contribution in [-0.2, 0) is 9.57 Å². The highest BCUT2D eigenvalue weighted by Gasteiger charge is 2.30. The highest BCUT2D eigenvalue weighted by atomic mass is 35.5. The lowest BCUT2D eigenvalue weighted by Gasteiger charge is -2.16. The van der Waals surface area contributed by atoms with Crippen LogP contribution in [0.2, 0.25) is 5.02 Å². The Bertz CT molecular complexity index is 1150. The molecule has 2 aromatic carbocycles. The van der Waals surface area contributed by atoms with Crippen molar-refractivity contribution in [3.63, 3.8) is 0 Å². The van der Waals surface area contributed by atoms with E-state index in [1.807, 2.05) is 30.3 Å². The third-order valence-electron chi connectivity index (χ3n) is 4.11. The van der Waals surface area contributed by atoms with Crippen molar-refractivity contribution >= 4 is 28.9 Å². The fourth-order valence-electron chi connectivity index (χ4n) is 2.81. The van der Waals surface area contributed by atoms with E-state index in [0.29, 0.717) is 46.8 Å². The van der Waals surface area contributed by atoms with Crippen molar-refractivity contribution in [2.45, 2.75) is 0 Å². The van der Waals surface area contributed by atoms with Gasteiger partial charge in [0.25, 0.3) is 11.8 Å². The predicted octanol–water partition coefficient (Wildman–Crippen LogP) is 4.51. The Morgan fingerprint density at radius 3 is 2.69 bits per heavy atom. The highest BCUT2D eigenvalue weighted by molar-refractivity contribution is 6.46. The van der Waals surface area contributed by atoms with Crippen LogP contribution in [0.15, 0.2) is 65.0 Å². The lowest BCUT2D eigenvalue weighted by molar-refractivity contribution is 0.0676. The maximum absolute atomic E-state index is 6.23. The van der Waals surface area contributed by atoms with Gasteiger partial charge in [0.05, 0.1) is 5.02 Å². The second-order valence-corrected chi connectivity index (χ2v) is 6.40. The molecular formula is C20H13ClN4O4. The molecule has 0 amide bonds. The van der Waals surface area contributed by atoms with E-state index in [1.54, 1.807) is 18.2 Å². The molecule has 0 N–H and O–H groups in total.